The summed E-state index contributed by atoms with van der Waals surface area (Å²) in [6.07, 6.45) is 8.94. The van der Waals surface area contributed by atoms with Gasteiger partial charge in [-0.2, -0.15) is 5.10 Å². The second-order valence-corrected chi connectivity index (χ2v) is 5.70. The van der Waals surface area contributed by atoms with E-state index in [1.54, 1.807) is 36.0 Å². The molecule has 1 aliphatic rings. The molecular weight excluding hydrogens is 268 g/mol. The van der Waals surface area contributed by atoms with Crippen molar-refractivity contribution in [1.29, 1.82) is 0 Å². The molecule has 1 amide bonds. The smallest absolute Gasteiger partial charge is 0.291 e. The summed E-state index contributed by atoms with van der Waals surface area (Å²) in [5.41, 5.74) is 0.288. The standard InChI is InChI=1S/C15H20N4O2/c1-11(14(20)17-12-6-3-2-4-7-12)19-15(21)13-8-5-9-18(13)10-16-19/h5,8-12H,2-4,6-7H2,1H3,(H,17,20)/t11-/m0/s1. The first-order valence-electron chi connectivity index (χ1n) is 7.51. The summed E-state index contributed by atoms with van der Waals surface area (Å²) >= 11 is 0. The highest BCUT2D eigenvalue weighted by Crippen LogP contribution is 2.18. The summed E-state index contributed by atoms with van der Waals surface area (Å²) in [7, 11) is 0. The van der Waals surface area contributed by atoms with Crippen molar-refractivity contribution in [3.05, 3.63) is 35.0 Å². The molecule has 6 nitrogen and oxygen atoms in total. The van der Waals surface area contributed by atoms with Gasteiger partial charge < -0.3 is 9.72 Å². The van der Waals surface area contributed by atoms with Crippen LogP contribution in [-0.2, 0) is 4.79 Å². The third kappa shape index (κ3) is 2.70. The Morgan fingerprint density at radius 3 is 2.90 bits per heavy atom. The van der Waals surface area contributed by atoms with Crippen LogP contribution >= 0.6 is 0 Å². The van der Waals surface area contributed by atoms with Gasteiger partial charge in [0.2, 0.25) is 5.91 Å². The number of nitrogens with one attached hydrogen (secondary N) is 1. The van der Waals surface area contributed by atoms with Crippen molar-refractivity contribution in [3.8, 4) is 0 Å². The fourth-order valence-corrected chi connectivity index (χ4v) is 2.91. The predicted octanol–water partition coefficient (Wildman–Crippen LogP) is 1.51. The van der Waals surface area contributed by atoms with Gasteiger partial charge in [0.05, 0.1) is 0 Å². The number of nitrogens with zero attached hydrogens (tertiary/aromatic N) is 3. The van der Waals surface area contributed by atoms with E-state index >= 15 is 0 Å². The molecule has 1 N–H and O–H groups in total. The molecule has 1 atom stereocenters. The second-order valence-electron chi connectivity index (χ2n) is 5.70. The Hall–Kier alpha value is -2.11. The average Bonchev–Trinajstić information content (AvgIpc) is 2.97. The van der Waals surface area contributed by atoms with Gasteiger partial charge in [-0.05, 0) is 31.9 Å². The molecule has 0 unspecified atom stereocenters. The Kier molecular flexibility index (Phi) is 3.77. The zero-order valence-electron chi connectivity index (χ0n) is 12.2. The highest BCUT2D eigenvalue weighted by Gasteiger charge is 2.22. The van der Waals surface area contributed by atoms with Gasteiger partial charge in [0.25, 0.3) is 5.56 Å². The molecule has 2 aromatic heterocycles. The summed E-state index contributed by atoms with van der Waals surface area (Å²) < 4.78 is 2.91. The van der Waals surface area contributed by atoms with Crippen LogP contribution in [-0.4, -0.2) is 26.1 Å². The lowest BCUT2D eigenvalue weighted by Crippen LogP contribution is -2.42. The minimum atomic E-state index is -0.598. The monoisotopic (exact) mass is 288 g/mol. The maximum absolute atomic E-state index is 12.3. The van der Waals surface area contributed by atoms with E-state index in [0.717, 1.165) is 25.7 Å². The molecule has 21 heavy (non-hydrogen) atoms. The Morgan fingerprint density at radius 2 is 2.14 bits per heavy atom. The number of hydrogen-bond donors (Lipinski definition) is 1. The molecule has 2 aromatic rings. The van der Waals surface area contributed by atoms with Crippen LogP contribution in [0.2, 0.25) is 0 Å². The third-order valence-electron chi connectivity index (χ3n) is 4.20. The molecule has 1 aliphatic carbocycles. The second kappa shape index (κ2) is 5.71. The summed E-state index contributed by atoms with van der Waals surface area (Å²) in [6, 6.07) is 3.16. The van der Waals surface area contributed by atoms with E-state index in [4.69, 9.17) is 0 Å². The van der Waals surface area contributed by atoms with E-state index in [1.165, 1.54) is 11.1 Å². The molecule has 1 fully saturated rings. The highest BCUT2D eigenvalue weighted by molar-refractivity contribution is 5.80. The fraction of sp³-hybridized carbons (Fsp3) is 0.533. The van der Waals surface area contributed by atoms with Crippen LogP contribution in [0, 0.1) is 0 Å². The van der Waals surface area contributed by atoms with Crippen molar-refractivity contribution >= 4 is 11.4 Å². The van der Waals surface area contributed by atoms with Gasteiger partial charge in [0.15, 0.2) is 0 Å². The van der Waals surface area contributed by atoms with Crippen LogP contribution in [0.3, 0.4) is 0 Å². The van der Waals surface area contributed by atoms with E-state index < -0.39 is 6.04 Å². The van der Waals surface area contributed by atoms with Crippen LogP contribution in [0.25, 0.3) is 5.52 Å². The van der Waals surface area contributed by atoms with Crippen LogP contribution in [0.5, 0.6) is 0 Å². The Bertz CT molecular complexity index is 697. The maximum atomic E-state index is 12.3. The molecule has 3 rings (SSSR count). The Balaban J connectivity index is 1.79. The number of amides is 1. The normalized spacial score (nSPS) is 17.8. The molecule has 0 bridgehead atoms. The molecule has 6 heteroatoms. The lowest BCUT2D eigenvalue weighted by molar-refractivity contribution is -0.125. The van der Waals surface area contributed by atoms with Crippen molar-refractivity contribution in [2.45, 2.75) is 51.1 Å². The number of hydrogen-bond acceptors (Lipinski definition) is 3. The zero-order chi connectivity index (χ0) is 14.8. The topological polar surface area (TPSA) is 68.4 Å². The molecular formula is C15H20N4O2. The molecule has 2 heterocycles. The lowest BCUT2D eigenvalue weighted by Gasteiger charge is -2.24. The zero-order valence-corrected chi connectivity index (χ0v) is 12.2. The van der Waals surface area contributed by atoms with E-state index in [0.29, 0.717) is 5.52 Å². The first-order valence-corrected chi connectivity index (χ1v) is 7.51. The van der Waals surface area contributed by atoms with Gasteiger partial charge in [0, 0.05) is 12.2 Å². The van der Waals surface area contributed by atoms with E-state index in [2.05, 4.69) is 10.4 Å². The molecule has 0 radical (unpaired) electrons. The number of carbonyl (C=O) groups is 1. The molecule has 0 aromatic carbocycles. The minimum absolute atomic E-state index is 0.132. The third-order valence-corrected chi connectivity index (χ3v) is 4.20. The SMILES string of the molecule is C[C@@H](C(=O)NC1CCCCC1)n1ncn2cccc2c1=O. The highest BCUT2D eigenvalue weighted by atomic mass is 16.2. The van der Waals surface area contributed by atoms with Crippen LogP contribution in [0.1, 0.15) is 45.1 Å². The van der Waals surface area contributed by atoms with Gasteiger partial charge in [-0.1, -0.05) is 19.3 Å². The van der Waals surface area contributed by atoms with E-state index in [9.17, 15) is 9.59 Å². The Morgan fingerprint density at radius 1 is 1.38 bits per heavy atom. The summed E-state index contributed by atoms with van der Waals surface area (Å²) in [6.45, 7) is 1.71. The lowest BCUT2D eigenvalue weighted by atomic mass is 9.95. The molecule has 0 spiro atoms. The first-order chi connectivity index (χ1) is 10.2. The molecule has 0 saturated heterocycles. The number of fused-ring (bicyclic) bond motifs is 1. The van der Waals surface area contributed by atoms with Crippen molar-refractivity contribution in [1.82, 2.24) is 19.5 Å². The average molecular weight is 288 g/mol. The van der Waals surface area contributed by atoms with E-state index in [-0.39, 0.29) is 17.5 Å². The summed E-state index contributed by atoms with van der Waals surface area (Å²) in [4.78, 5) is 24.6. The van der Waals surface area contributed by atoms with Gasteiger partial charge >= 0.3 is 0 Å². The van der Waals surface area contributed by atoms with Gasteiger partial charge in [-0.15, -0.1) is 0 Å². The van der Waals surface area contributed by atoms with Crippen LogP contribution in [0.15, 0.2) is 29.5 Å². The first kappa shape index (κ1) is 13.9. The number of aromatic nitrogens is 3. The van der Waals surface area contributed by atoms with Crippen molar-refractivity contribution in [3.63, 3.8) is 0 Å². The van der Waals surface area contributed by atoms with Gasteiger partial charge in [0.1, 0.15) is 17.9 Å². The summed E-state index contributed by atoms with van der Waals surface area (Å²) in [5.74, 6) is -0.132. The Labute approximate surface area is 122 Å². The quantitative estimate of drug-likeness (QED) is 0.930. The molecule has 0 aliphatic heterocycles. The van der Waals surface area contributed by atoms with Crippen molar-refractivity contribution in [2.24, 2.45) is 0 Å². The number of rotatable bonds is 3. The van der Waals surface area contributed by atoms with Crippen LogP contribution in [0.4, 0.5) is 0 Å². The van der Waals surface area contributed by atoms with Crippen molar-refractivity contribution < 1.29 is 4.79 Å². The van der Waals surface area contributed by atoms with Gasteiger partial charge in [-0.25, -0.2) is 4.68 Å². The largest absolute Gasteiger partial charge is 0.352 e. The maximum Gasteiger partial charge on any atom is 0.291 e. The van der Waals surface area contributed by atoms with Crippen molar-refractivity contribution in [2.75, 3.05) is 0 Å². The van der Waals surface area contributed by atoms with Crippen LogP contribution < -0.4 is 10.9 Å². The molecule has 1 saturated carbocycles. The molecule has 112 valence electrons. The predicted molar refractivity (Wildman–Crippen MR) is 79.2 cm³/mol. The number of carbonyl (C=O) groups excluding carboxylic acids is 1. The van der Waals surface area contributed by atoms with E-state index in [1.807, 2.05) is 0 Å². The minimum Gasteiger partial charge on any atom is -0.352 e. The summed E-state index contributed by atoms with van der Waals surface area (Å²) in [5, 5.41) is 7.14. The fourth-order valence-electron chi connectivity index (χ4n) is 2.91. The van der Waals surface area contributed by atoms with Gasteiger partial charge in [-0.3, -0.25) is 9.59 Å².